The molecule has 2 aliphatic heterocycles. The first-order valence-electron chi connectivity index (χ1n) is 9.25. The molecule has 2 aliphatic rings. The van der Waals surface area contributed by atoms with Crippen LogP contribution in [0.1, 0.15) is 19.8 Å². The lowest BCUT2D eigenvalue weighted by Crippen LogP contribution is -2.40. The molecule has 1 aromatic carbocycles. The van der Waals surface area contributed by atoms with Crippen molar-refractivity contribution in [1.29, 1.82) is 0 Å². The number of halogens is 1. The molecule has 0 saturated carbocycles. The van der Waals surface area contributed by atoms with Gasteiger partial charge in [0.15, 0.2) is 0 Å². The molecule has 0 spiro atoms. The van der Waals surface area contributed by atoms with E-state index < -0.39 is 17.8 Å². The van der Waals surface area contributed by atoms with Crippen LogP contribution in [0.15, 0.2) is 29.5 Å². The summed E-state index contributed by atoms with van der Waals surface area (Å²) >= 11 is 0. The Bertz CT molecular complexity index is 787. The van der Waals surface area contributed by atoms with Crippen LogP contribution in [0.25, 0.3) is 0 Å². The third-order valence-electron chi connectivity index (χ3n) is 5.19. The van der Waals surface area contributed by atoms with E-state index in [1.54, 1.807) is 6.07 Å². The van der Waals surface area contributed by atoms with Gasteiger partial charge in [0, 0.05) is 13.1 Å². The van der Waals surface area contributed by atoms with E-state index in [9.17, 15) is 14.0 Å². The van der Waals surface area contributed by atoms with Crippen LogP contribution in [0.2, 0.25) is 0 Å². The van der Waals surface area contributed by atoms with E-state index in [0.717, 1.165) is 31.6 Å². The van der Waals surface area contributed by atoms with Gasteiger partial charge in [-0.2, -0.15) is 0 Å². The van der Waals surface area contributed by atoms with Crippen LogP contribution in [-0.4, -0.2) is 52.6 Å². The Balaban J connectivity index is 2.09. The van der Waals surface area contributed by atoms with Gasteiger partial charge in [0.25, 0.3) is 0 Å². The molecule has 1 fully saturated rings. The summed E-state index contributed by atoms with van der Waals surface area (Å²) in [6.07, 6.45) is 2.06. The molecule has 7 nitrogen and oxygen atoms in total. The largest absolute Gasteiger partial charge is 0.466 e. The topological polar surface area (TPSA) is 68.3 Å². The van der Waals surface area contributed by atoms with E-state index >= 15 is 0 Å². The van der Waals surface area contributed by atoms with Crippen molar-refractivity contribution in [2.45, 2.75) is 19.8 Å². The molecule has 8 heteroatoms. The third-order valence-corrected chi connectivity index (χ3v) is 5.19. The first-order chi connectivity index (χ1) is 13.5. The molecule has 28 heavy (non-hydrogen) atoms. The van der Waals surface area contributed by atoms with Gasteiger partial charge >= 0.3 is 11.9 Å². The Morgan fingerprint density at radius 1 is 1.11 bits per heavy atom. The summed E-state index contributed by atoms with van der Waals surface area (Å²) in [5.41, 5.74) is 1.29. The van der Waals surface area contributed by atoms with E-state index in [2.05, 4.69) is 11.8 Å². The highest BCUT2D eigenvalue weighted by molar-refractivity contribution is 6.04. The first kappa shape index (κ1) is 20.1. The lowest BCUT2D eigenvalue weighted by molar-refractivity contribution is -0.140. The Kier molecular flexibility index (Phi) is 6.18. The highest BCUT2D eigenvalue weighted by atomic mass is 19.1. The van der Waals surface area contributed by atoms with Gasteiger partial charge in [0.1, 0.15) is 18.2 Å². The lowest BCUT2D eigenvalue weighted by atomic mass is 9.98. The molecular weight excluding hydrogens is 367 g/mol. The summed E-state index contributed by atoms with van der Waals surface area (Å²) in [5.74, 6) is -1.20. The van der Waals surface area contributed by atoms with Crippen molar-refractivity contribution in [3.05, 3.63) is 35.3 Å². The molecule has 2 heterocycles. The van der Waals surface area contributed by atoms with Crippen LogP contribution >= 0.6 is 0 Å². The lowest BCUT2D eigenvalue weighted by Gasteiger charge is -2.37. The SMILES string of the molecule is COC(=O)C1=C(C(=O)OC)N(c2cc(F)ccc2N2CCC(C)CC2)COC1. The number of carbonyl (C=O) groups is 2. The molecule has 0 radical (unpaired) electrons. The van der Waals surface area contributed by atoms with Crippen LogP contribution in [0, 0.1) is 11.7 Å². The zero-order valence-corrected chi connectivity index (χ0v) is 16.4. The summed E-state index contributed by atoms with van der Waals surface area (Å²) in [7, 11) is 2.46. The average molecular weight is 392 g/mol. The van der Waals surface area contributed by atoms with Crippen molar-refractivity contribution in [3.63, 3.8) is 0 Å². The number of anilines is 2. The van der Waals surface area contributed by atoms with E-state index in [1.165, 1.54) is 31.3 Å². The van der Waals surface area contributed by atoms with Crippen LogP contribution in [-0.2, 0) is 23.8 Å². The number of ether oxygens (including phenoxy) is 3. The molecule has 0 bridgehead atoms. The molecule has 0 amide bonds. The monoisotopic (exact) mass is 392 g/mol. The predicted octanol–water partition coefficient (Wildman–Crippen LogP) is 2.46. The molecular formula is C20H25FN2O5. The van der Waals surface area contributed by atoms with Gasteiger partial charge in [-0.15, -0.1) is 0 Å². The number of benzene rings is 1. The number of nitrogens with zero attached hydrogens (tertiary/aromatic N) is 2. The van der Waals surface area contributed by atoms with Gasteiger partial charge in [-0.3, -0.25) is 0 Å². The molecule has 0 N–H and O–H groups in total. The van der Waals surface area contributed by atoms with Crippen LogP contribution < -0.4 is 9.80 Å². The fourth-order valence-electron chi connectivity index (χ4n) is 3.56. The van der Waals surface area contributed by atoms with E-state index in [-0.39, 0.29) is 24.6 Å². The molecule has 0 aliphatic carbocycles. The summed E-state index contributed by atoms with van der Waals surface area (Å²) in [6.45, 7) is 3.78. The van der Waals surface area contributed by atoms with Gasteiger partial charge in [0.2, 0.25) is 0 Å². The van der Waals surface area contributed by atoms with Crippen molar-refractivity contribution >= 4 is 23.3 Å². The van der Waals surface area contributed by atoms with Gasteiger partial charge in [-0.05, 0) is 37.0 Å². The normalized spacial score (nSPS) is 18.3. The molecule has 3 rings (SSSR count). The number of esters is 2. The minimum absolute atomic E-state index is 0.00831. The molecule has 0 aromatic heterocycles. The fraction of sp³-hybridized carbons (Fsp3) is 0.500. The van der Waals surface area contributed by atoms with E-state index in [4.69, 9.17) is 14.2 Å². The van der Waals surface area contributed by atoms with Crippen molar-refractivity contribution in [1.82, 2.24) is 0 Å². The standard InChI is InChI=1S/C20H25FN2O5/c1-13-6-8-22(9-7-13)16-5-4-14(21)10-17(16)23-12-28-11-15(19(24)26-2)18(23)20(25)27-3/h4-5,10,13H,6-9,11-12H2,1-3H3. The molecule has 1 saturated heterocycles. The number of hydrogen-bond donors (Lipinski definition) is 0. The molecule has 152 valence electrons. The van der Waals surface area contributed by atoms with E-state index in [0.29, 0.717) is 11.6 Å². The van der Waals surface area contributed by atoms with Gasteiger partial charge in [-0.25, -0.2) is 14.0 Å². The maximum absolute atomic E-state index is 14.2. The number of hydrogen-bond acceptors (Lipinski definition) is 7. The van der Waals surface area contributed by atoms with Crippen LogP contribution in [0.3, 0.4) is 0 Å². The summed E-state index contributed by atoms with van der Waals surface area (Å²) < 4.78 is 29.3. The summed E-state index contributed by atoms with van der Waals surface area (Å²) in [4.78, 5) is 28.3. The first-order valence-corrected chi connectivity index (χ1v) is 9.25. The second-order valence-electron chi connectivity index (χ2n) is 7.02. The second-order valence-corrected chi connectivity index (χ2v) is 7.02. The predicted molar refractivity (Wildman–Crippen MR) is 101 cm³/mol. The Hall–Kier alpha value is -2.61. The molecule has 0 unspecified atom stereocenters. The van der Waals surface area contributed by atoms with Crippen molar-refractivity contribution in [2.75, 3.05) is 50.4 Å². The zero-order valence-electron chi connectivity index (χ0n) is 16.4. The fourth-order valence-corrected chi connectivity index (χ4v) is 3.56. The highest BCUT2D eigenvalue weighted by Crippen LogP contribution is 2.37. The maximum atomic E-state index is 14.2. The number of piperidine rings is 1. The number of carbonyl (C=O) groups excluding carboxylic acids is 2. The van der Waals surface area contributed by atoms with Crippen molar-refractivity contribution in [3.8, 4) is 0 Å². The van der Waals surface area contributed by atoms with Crippen LogP contribution in [0.5, 0.6) is 0 Å². The highest BCUT2D eigenvalue weighted by Gasteiger charge is 2.34. The quantitative estimate of drug-likeness (QED) is 0.729. The Morgan fingerprint density at radius 3 is 2.43 bits per heavy atom. The molecule has 1 aromatic rings. The van der Waals surface area contributed by atoms with Crippen LogP contribution in [0.4, 0.5) is 15.8 Å². The average Bonchev–Trinajstić information content (AvgIpc) is 2.72. The summed E-state index contributed by atoms with van der Waals surface area (Å²) in [5, 5.41) is 0. The van der Waals surface area contributed by atoms with Crippen molar-refractivity contribution < 1.29 is 28.2 Å². The minimum atomic E-state index is -0.703. The molecule has 0 atom stereocenters. The van der Waals surface area contributed by atoms with Crippen molar-refractivity contribution in [2.24, 2.45) is 5.92 Å². The van der Waals surface area contributed by atoms with E-state index in [1.807, 2.05) is 0 Å². The van der Waals surface area contributed by atoms with Gasteiger partial charge in [0.05, 0.1) is 37.8 Å². The van der Waals surface area contributed by atoms with Gasteiger partial charge in [-0.1, -0.05) is 6.92 Å². The Morgan fingerprint density at radius 2 is 1.79 bits per heavy atom. The second kappa shape index (κ2) is 8.60. The van der Waals surface area contributed by atoms with Gasteiger partial charge < -0.3 is 24.0 Å². The third kappa shape index (κ3) is 3.96. The number of rotatable bonds is 4. The minimum Gasteiger partial charge on any atom is -0.466 e. The maximum Gasteiger partial charge on any atom is 0.355 e. The smallest absolute Gasteiger partial charge is 0.355 e. The summed E-state index contributed by atoms with van der Waals surface area (Å²) in [6, 6.07) is 4.44. The zero-order chi connectivity index (χ0) is 20.3. The Labute approximate surface area is 163 Å². The number of methoxy groups -OCH3 is 2.